The second-order valence-corrected chi connectivity index (χ2v) is 7.01. The first-order valence-electron chi connectivity index (χ1n) is 9.05. The minimum Gasteiger partial charge on any atom is -0.339 e. The number of hydrogen-bond donors (Lipinski definition) is 0. The Labute approximate surface area is 160 Å². The van der Waals surface area contributed by atoms with Gasteiger partial charge in [0.25, 0.3) is 5.69 Å². The van der Waals surface area contributed by atoms with Crippen LogP contribution in [-0.4, -0.2) is 21.7 Å². The molecule has 0 aromatic heterocycles. The summed E-state index contributed by atoms with van der Waals surface area (Å²) < 4.78 is 13.4. The van der Waals surface area contributed by atoms with E-state index in [1.54, 1.807) is 12.1 Å². The summed E-state index contributed by atoms with van der Waals surface area (Å²) in [5.74, 6) is 0.554. The summed E-state index contributed by atoms with van der Waals surface area (Å²) in [6.45, 7) is 0. The van der Waals surface area contributed by atoms with Crippen molar-refractivity contribution in [2.24, 2.45) is 4.99 Å². The molecule has 1 saturated heterocycles. The maximum Gasteiger partial charge on any atom is 0.269 e. The van der Waals surface area contributed by atoms with Crippen LogP contribution in [0.2, 0.25) is 0 Å². The van der Waals surface area contributed by atoms with Gasteiger partial charge in [0.1, 0.15) is 11.7 Å². The Morgan fingerprint density at radius 2 is 1.57 bits per heavy atom. The largest absolute Gasteiger partial charge is 0.339 e. The van der Waals surface area contributed by atoms with Crippen LogP contribution in [0, 0.1) is 15.9 Å². The van der Waals surface area contributed by atoms with Gasteiger partial charge >= 0.3 is 0 Å². The highest BCUT2D eigenvalue weighted by molar-refractivity contribution is 6.03. The summed E-state index contributed by atoms with van der Waals surface area (Å²) in [6, 6.07) is 23.4. The zero-order valence-electron chi connectivity index (χ0n) is 14.8. The van der Waals surface area contributed by atoms with Crippen LogP contribution >= 0.6 is 0 Å². The number of nitrogens with zero attached hydrogens (tertiary/aromatic N) is 3. The van der Waals surface area contributed by atoms with Gasteiger partial charge in [-0.25, -0.2) is 4.39 Å². The zero-order valence-corrected chi connectivity index (χ0v) is 14.8. The first kappa shape index (κ1) is 16.6. The summed E-state index contributed by atoms with van der Waals surface area (Å²) >= 11 is 0. The molecule has 3 atom stereocenters. The summed E-state index contributed by atoms with van der Waals surface area (Å²) in [4.78, 5) is 17.7. The third-order valence-electron chi connectivity index (χ3n) is 5.37. The maximum atomic E-state index is 13.4. The smallest absolute Gasteiger partial charge is 0.269 e. The second-order valence-electron chi connectivity index (χ2n) is 7.01. The highest BCUT2D eigenvalue weighted by Crippen LogP contribution is 2.56. The van der Waals surface area contributed by atoms with Crippen molar-refractivity contribution < 1.29 is 9.31 Å². The minimum absolute atomic E-state index is 0.0264. The fraction of sp³-hybridized carbons (Fsp3) is 0.136. The molecule has 3 aromatic rings. The number of nitro benzene ring substituents is 1. The standard InChI is InChI=1S/C22H16FN3O2/c23-17-10-6-16(7-11-17)22-24-19(14-4-2-1-3-5-14)21-20(25(21)22)15-8-12-18(13-9-15)26(27)28/h1-13,19-21H. The van der Waals surface area contributed by atoms with E-state index in [0.717, 1.165) is 22.5 Å². The molecule has 0 saturated carbocycles. The normalized spacial score (nSPS) is 22.5. The van der Waals surface area contributed by atoms with Gasteiger partial charge in [-0.05, 0) is 35.4 Å². The van der Waals surface area contributed by atoms with Crippen LogP contribution in [0.15, 0.2) is 83.9 Å². The molecular weight excluding hydrogens is 357 g/mol. The van der Waals surface area contributed by atoms with Crippen LogP contribution in [0.4, 0.5) is 10.1 Å². The van der Waals surface area contributed by atoms with E-state index >= 15 is 0 Å². The molecule has 0 spiro atoms. The molecule has 138 valence electrons. The molecule has 2 aliphatic rings. The van der Waals surface area contributed by atoms with Crippen molar-refractivity contribution in [3.8, 4) is 0 Å². The van der Waals surface area contributed by atoms with Crippen molar-refractivity contribution in [3.05, 3.63) is 111 Å². The van der Waals surface area contributed by atoms with E-state index in [4.69, 9.17) is 4.99 Å². The number of benzene rings is 3. The van der Waals surface area contributed by atoms with Crippen molar-refractivity contribution in [1.82, 2.24) is 4.90 Å². The van der Waals surface area contributed by atoms with Gasteiger partial charge in [0.15, 0.2) is 0 Å². The molecule has 3 unspecified atom stereocenters. The first-order chi connectivity index (χ1) is 13.6. The number of fused-ring (bicyclic) bond motifs is 1. The van der Waals surface area contributed by atoms with Crippen LogP contribution in [0.5, 0.6) is 0 Å². The molecule has 0 radical (unpaired) electrons. The third-order valence-corrected chi connectivity index (χ3v) is 5.37. The van der Waals surface area contributed by atoms with E-state index in [1.165, 1.54) is 24.3 Å². The van der Waals surface area contributed by atoms with E-state index in [0.29, 0.717) is 0 Å². The lowest BCUT2D eigenvalue weighted by Gasteiger charge is -2.12. The van der Waals surface area contributed by atoms with Crippen LogP contribution in [0.3, 0.4) is 0 Å². The van der Waals surface area contributed by atoms with Gasteiger partial charge in [0.05, 0.1) is 23.0 Å². The molecular formula is C22H16FN3O2. The summed E-state index contributed by atoms with van der Waals surface area (Å²) in [6.07, 6.45) is 0. The number of non-ortho nitro benzene ring substituents is 1. The average Bonchev–Trinajstić information content (AvgIpc) is 3.33. The van der Waals surface area contributed by atoms with Gasteiger partial charge in [-0.15, -0.1) is 0 Å². The lowest BCUT2D eigenvalue weighted by Crippen LogP contribution is -2.11. The monoisotopic (exact) mass is 373 g/mol. The Hall–Kier alpha value is -3.54. The van der Waals surface area contributed by atoms with E-state index in [1.807, 2.05) is 30.3 Å². The Balaban J connectivity index is 1.53. The minimum atomic E-state index is -0.393. The van der Waals surface area contributed by atoms with Crippen molar-refractivity contribution >= 4 is 11.5 Å². The van der Waals surface area contributed by atoms with E-state index in [9.17, 15) is 14.5 Å². The average molecular weight is 373 g/mol. The molecule has 5 nitrogen and oxygen atoms in total. The van der Waals surface area contributed by atoms with Gasteiger partial charge in [0.2, 0.25) is 0 Å². The molecule has 2 aliphatic heterocycles. The predicted octanol–water partition coefficient (Wildman–Crippen LogP) is 4.66. The number of aliphatic imine (C=N–C) groups is 1. The Morgan fingerprint density at radius 3 is 2.21 bits per heavy atom. The quantitative estimate of drug-likeness (QED) is 0.380. The SMILES string of the molecule is O=[N+]([O-])c1ccc(C2C3C(c4ccccc4)N=C(c4ccc(F)cc4)N23)cc1. The molecule has 0 amide bonds. The summed E-state index contributed by atoms with van der Waals surface area (Å²) in [5.41, 5.74) is 3.09. The molecule has 0 N–H and O–H groups in total. The van der Waals surface area contributed by atoms with Gasteiger partial charge in [-0.1, -0.05) is 42.5 Å². The Morgan fingerprint density at radius 1 is 0.893 bits per heavy atom. The summed E-state index contributed by atoms with van der Waals surface area (Å²) in [5, 5.41) is 10.9. The van der Waals surface area contributed by atoms with E-state index in [2.05, 4.69) is 17.0 Å². The van der Waals surface area contributed by atoms with Crippen LogP contribution in [0.1, 0.15) is 28.8 Å². The van der Waals surface area contributed by atoms with Gasteiger partial charge in [-0.3, -0.25) is 15.1 Å². The Bertz CT molecular complexity index is 1070. The van der Waals surface area contributed by atoms with Crippen molar-refractivity contribution in [3.63, 3.8) is 0 Å². The molecule has 28 heavy (non-hydrogen) atoms. The number of rotatable bonds is 4. The highest BCUT2D eigenvalue weighted by atomic mass is 19.1. The maximum absolute atomic E-state index is 13.4. The molecule has 0 aliphatic carbocycles. The van der Waals surface area contributed by atoms with E-state index in [-0.39, 0.29) is 29.6 Å². The molecule has 1 fully saturated rings. The van der Waals surface area contributed by atoms with Crippen molar-refractivity contribution in [1.29, 1.82) is 0 Å². The van der Waals surface area contributed by atoms with Gasteiger partial charge in [0, 0.05) is 17.7 Å². The van der Waals surface area contributed by atoms with Crippen LogP contribution in [-0.2, 0) is 0 Å². The van der Waals surface area contributed by atoms with Gasteiger partial charge < -0.3 is 4.90 Å². The molecule has 2 heterocycles. The summed E-state index contributed by atoms with van der Waals surface area (Å²) in [7, 11) is 0. The number of hydrogen-bond acceptors (Lipinski definition) is 4. The molecule has 3 aromatic carbocycles. The topological polar surface area (TPSA) is 58.5 Å². The second kappa shape index (κ2) is 6.27. The van der Waals surface area contributed by atoms with Crippen molar-refractivity contribution in [2.45, 2.75) is 18.1 Å². The lowest BCUT2D eigenvalue weighted by molar-refractivity contribution is -0.384. The fourth-order valence-corrected chi connectivity index (χ4v) is 4.02. The lowest BCUT2D eigenvalue weighted by atomic mass is 9.99. The number of halogens is 1. The van der Waals surface area contributed by atoms with E-state index < -0.39 is 4.92 Å². The van der Waals surface area contributed by atoms with Crippen molar-refractivity contribution in [2.75, 3.05) is 0 Å². The van der Waals surface area contributed by atoms with Crippen LogP contribution in [0.25, 0.3) is 0 Å². The first-order valence-corrected chi connectivity index (χ1v) is 9.05. The molecule has 0 bridgehead atoms. The zero-order chi connectivity index (χ0) is 19.3. The molecule has 5 rings (SSSR count). The highest BCUT2D eigenvalue weighted by Gasteiger charge is 2.59. The number of nitro groups is 1. The fourth-order valence-electron chi connectivity index (χ4n) is 4.02. The van der Waals surface area contributed by atoms with Gasteiger partial charge in [-0.2, -0.15) is 0 Å². The molecule has 6 heteroatoms. The van der Waals surface area contributed by atoms with Crippen LogP contribution < -0.4 is 0 Å². The number of amidine groups is 1. The third kappa shape index (κ3) is 2.65. The predicted molar refractivity (Wildman–Crippen MR) is 104 cm³/mol. The Kier molecular flexibility index (Phi) is 3.72.